The van der Waals surface area contributed by atoms with Crippen LogP contribution < -0.4 is 4.74 Å². The Morgan fingerprint density at radius 2 is 2.08 bits per heavy atom. The van der Waals surface area contributed by atoms with Crippen LogP contribution in [0.5, 0.6) is 5.75 Å². The highest BCUT2D eigenvalue weighted by Crippen LogP contribution is 2.49. The first-order valence-electron chi connectivity index (χ1n) is 9.15. The molecule has 25 heavy (non-hydrogen) atoms. The third-order valence-corrected chi connectivity index (χ3v) is 6.15. The highest BCUT2D eigenvalue weighted by Gasteiger charge is 2.55. The molecule has 0 radical (unpaired) electrons. The van der Waals surface area contributed by atoms with Crippen LogP contribution in [-0.4, -0.2) is 42.1 Å². The van der Waals surface area contributed by atoms with E-state index in [0.717, 1.165) is 30.6 Å². The molecule has 1 aliphatic heterocycles. The van der Waals surface area contributed by atoms with Gasteiger partial charge in [-0.05, 0) is 48.8 Å². The van der Waals surface area contributed by atoms with Gasteiger partial charge in [0.1, 0.15) is 5.75 Å². The summed E-state index contributed by atoms with van der Waals surface area (Å²) in [6, 6.07) is 7.86. The van der Waals surface area contributed by atoms with Crippen LogP contribution in [-0.2, 0) is 9.59 Å². The third kappa shape index (κ3) is 3.24. The minimum absolute atomic E-state index is 0.0812. The fourth-order valence-corrected chi connectivity index (χ4v) is 4.54. The van der Waals surface area contributed by atoms with Gasteiger partial charge in [0.25, 0.3) is 0 Å². The topological polar surface area (TPSA) is 66.8 Å². The number of rotatable bonds is 6. The summed E-state index contributed by atoms with van der Waals surface area (Å²) in [6.07, 6.45) is 3.89. The fraction of sp³-hybridized carbons (Fsp3) is 0.600. The van der Waals surface area contributed by atoms with E-state index in [9.17, 15) is 14.7 Å². The molecule has 1 unspecified atom stereocenters. The Morgan fingerprint density at radius 1 is 1.36 bits per heavy atom. The molecule has 0 aromatic heterocycles. The molecule has 1 aromatic carbocycles. The number of amides is 1. The van der Waals surface area contributed by atoms with Gasteiger partial charge in [-0.3, -0.25) is 9.59 Å². The van der Waals surface area contributed by atoms with Gasteiger partial charge in [0.2, 0.25) is 5.91 Å². The molecule has 0 spiro atoms. The van der Waals surface area contributed by atoms with Crippen molar-refractivity contribution in [2.75, 3.05) is 20.2 Å². The summed E-state index contributed by atoms with van der Waals surface area (Å²) in [4.78, 5) is 26.4. The summed E-state index contributed by atoms with van der Waals surface area (Å²) in [5, 5.41) is 9.68. The maximum Gasteiger partial charge on any atom is 0.311 e. The van der Waals surface area contributed by atoms with Crippen molar-refractivity contribution in [1.82, 2.24) is 4.90 Å². The lowest BCUT2D eigenvalue weighted by atomic mass is 9.81. The Kier molecular flexibility index (Phi) is 5.02. The molecule has 1 N–H and O–H groups in total. The Morgan fingerprint density at radius 3 is 2.64 bits per heavy atom. The maximum atomic E-state index is 12.8. The van der Waals surface area contributed by atoms with Crippen molar-refractivity contribution in [3.05, 3.63) is 29.8 Å². The Hall–Kier alpha value is -2.04. The van der Waals surface area contributed by atoms with Crippen molar-refractivity contribution in [2.24, 2.45) is 11.3 Å². The molecule has 2 aliphatic rings. The molecule has 136 valence electrons. The second-order valence-electron chi connectivity index (χ2n) is 7.41. The Labute approximate surface area is 149 Å². The quantitative estimate of drug-likeness (QED) is 0.859. The van der Waals surface area contributed by atoms with Crippen molar-refractivity contribution in [2.45, 2.75) is 44.9 Å². The largest absolute Gasteiger partial charge is 0.497 e. The first-order valence-corrected chi connectivity index (χ1v) is 9.15. The first kappa shape index (κ1) is 17.8. The molecular formula is C20H27NO4. The summed E-state index contributed by atoms with van der Waals surface area (Å²) >= 11 is 0. The molecule has 3 atom stereocenters. The number of ether oxygens (including phenoxy) is 1. The monoisotopic (exact) mass is 345 g/mol. The molecule has 5 heteroatoms. The average Bonchev–Trinajstić information content (AvgIpc) is 3.18. The van der Waals surface area contributed by atoms with Gasteiger partial charge < -0.3 is 14.7 Å². The first-order chi connectivity index (χ1) is 12.0. The standard InChI is InChI=1S/C20H27NO4/c1-3-14(15-6-8-17(25-2)9-7-15)11-18(22)21-12-16-5-4-10-20(16,13-21)19(23)24/h6-9,14,16H,3-5,10-13H2,1-2H3,(H,23,24)/t14?,16-,20+/m0/s1. The van der Waals surface area contributed by atoms with Gasteiger partial charge in [-0.25, -0.2) is 0 Å². The number of carboxylic acid groups (broad SMARTS) is 1. The molecule has 1 aromatic rings. The Bertz CT molecular complexity index is 642. The number of carbonyl (C=O) groups excluding carboxylic acids is 1. The fourth-order valence-electron chi connectivity index (χ4n) is 4.54. The molecular weight excluding hydrogens is 318 g/mol. The number of carboxylic acids is 1. The molecule has 3 rings (SSSR count). The van der Waals surface area contributed by atoms with Crippen molar-refractivity contribution < 1.29 is 19.4 Å². The third-order valence-electron chi connectivity index (χ3n) is 6.15. The van der Waals surface area contributed by atoms with Gasteiger partial charge in [-0.2, -0.15) is 0 Å². The zero-order valence-corrected chi connectivity index (χ0v) is 15.0. The highest BCUT2D eigenvalue weighted by atomic mass is 16.5. The summed E-state index contributed by atoms with van der Waals surface area (Å²) in [5.41, 5.74) is 0.432. The van der Waals surface area contributed by atoms with Crippen LogP contribution in [0.3, 0.4) is 0 Å². The average molecular weight is 345 g/mol. The van der Waals surface area contributed by atoms with E-state index < -0.39 is 11.4 Å². The summed E-state index contributed by atoms with van der Waals surface area (Å²) < 4.78 is 5.19. The van der Waals surface area contributed by atoms with Crippen molar-refractivity contribution in [3.8, 4) is 5.75 Å². The van der Waals surface area contributed by atoms with E-state index in [1.54, 1.807) is 12.0 Å². The second kappa shape index (κ2) is 7.06. The van der Waals surface area contributed by atoms with Gasteiger partial charge in [0, 0.05) is 19.5 Å². The minimum Gasteiger partial charge on any atom is -0.497 e. The maximum absolute atomic E-state index is 12.8. The van der Waals surface area contributed by atoms with E-state index in [1.165, 1.54) is 0 Å². The number of nitrogens with zero attached hydrogens (tertiary/aromatic N) is 1. The van der Waals surface area contributed by atoms with Gasteiger partial charge in [0.15, 0.2) is 0 Å². The van der Waals surface area contributed by atoms with Crippen molar-refractivity contribution in [3.63, 3.8) is 0 Å². The number of carbonyl (C=O) groups is 2. The Balaban J connectivity index is 1.67. The molecule has 1 heterocycles. The molecule has 2 fully saturated rings. The molecule has 1 saturated carbocycles. The number of likely N-dealkylation sites (tertiary alicyclic amines) is 1. The van der Waals surface area contributed by atoms with Crippen LogP contribution >= 0.6 is 0 Å². The number of hydrogen-bond acceptors (Lipinski definition) is 3. The number of aliphatic carboxylic acids is 1. The molecule has 5 nitrogen and oxygen atoms in total. The predicted octanol–water partition coefficient (Wildman–Crippen LogP) is 3.29. The second-order valence-corrected chi connectivity index (χ2v) is 7.41. The van der Waals surface area contributed by atoms with E-state index in [4.69, 9.17) is 4.74 Å². The number of benzene rings is 1. The molecule has 0 bridgehead atoms. The van der Waals surface area contributed by atoms with Crippen LogP contribution in [0, 0.1) is 11.3 Å². The normalized spacial score (nSPS) is 26.3. The SMILES string of the molecule is CCC(CC(=O)N1C[C@@H]2CCC[C@@]2(C(=O)O)C1)c1ccc(OC)cc1. The predicted molar refractivity (Wildman–Crippen MR) is 94.6 cm³/mol. The van der Waals surface area contributed by atoms with Crippen molar-refractivity contribution in [1.29, 1.82) is 0 Å². The minimum atomic E-state index is -0.729. The van der Waals surface area contributed by atoms with Crippen LogP contribution in [0.25, 0.3) is 0 Å². The number of hydrogen-bond donors (Lipinski definition) is 1. The van der Waals surface area contributed by atoms with E-state index in [2.05, 4.69) is 6.92 Å². The lowest BCUT2D eigenvalue weighted by Crippen LogP contribution is -2.37. The zero-order chi connectivity index (χ0) is 18.0. The van der Waals surface area contributed by atoms with Crippen molar-refractivity contribution >= 4 is 11.9 Å². The van der Waals surface area contributed by atoms with E-state index >= 15 is 0 Å². The van der Waals surface area contributed by atoms with Crippen LogP contribution in [0.15, 0.2) is 24.3 Å². The highest BCUT2D eigenvalue weighted by molar-refractivity contribution is 5.82. The van der Waals surface area contributed by atoms with Gasteiger partial charge in [-0.1, -0.05) is 25.5 Å². The van der Waals surface area contributed by atoms with Crippen LogP contribution in [0.4, 0.5) is 0 Å². The number of methoxy groups -OCH3 is 1. The zero-order valence-electron chi connectivity index (χ0n) is 15.0. The molecule has 1 aliphatic carbocycles. The summed E-state index contributed by atoms with van der Waals surface area (Å²) in [7, 11) is 1.64. The van der Waals surface area contributed by atoms with Crippen LogP contribution in [0.1, 0.15) is 50.5 Å². The lowest BCUT2D eigenvalue weighted by molar-refractivity contribution is -0.149. The van der Waals surface area contributed by atoms with Crippen LogP contribution in [0.2, 0.25) is 0 Å². The lowest BCUT2D eigenvalue weighted by Gasteiger charge is -2.24. The number of fused-ring (bicyclic) bond motifs is 1. The van der Waals surface area contributed by atoms with E-state index in [0.29, 0.717) is 25.9 Å². The van der Waals surface area contributed by atoms with Gasteiger partial charge in [0.05, 0.1) is 12.5 Å². The summed E-state index contributed by atoms with van der Waals surface area (Å²) in [5.74, 6) is 0.431. The van der Waals surface area contributed by atoms with E-state index in [1.807, 2.05) is 24.3 Å². The molecule has 1 amide bonds. The van der Waals surface area contributed by atoms with E-state index in [-0.39, 0.29) is 17.7 Å². The van der Waals surface area contributed by atoms with Gasteiger partial charge in [-0.15, -0.1) is 0 Å². The molecule has 1 saturated heterocycles. The smallest absolute Gasteiger partial charge is 0.311 e. The van der Waals surface area contributed by atoms with Gasteiger partial charge >= 0.3 is 5.97 Å². The summed E-state index contributed by atoms with van der Waals surface area (Å²) in [6.45, 7) is 3.06.